The van der Waals surface area contributed by atoms with Crippen molar-refractivity contribution in [1.82, 2.24) is 14.2 Å². The number of rotatable bonds is 2. The van der Waals surface area contributed by atoms with Crippen LogP contribution in [0.5, 0.6) is 0 Å². The van der Waals surface area contributed by atoms with Crippen molar-refractivity contribution in [2.45, 2.75) is 6.54 Å². The molecule has 0 fully saturated rings. The summed E-state index contributed by atoms with van der Waals surface area (Å²) in [4.78, 5) is 0. The highest BCUT2D eigenvalue weighted by molar-refractivity contribution is 7.03. The minimum absolute atomic E-state index is 0.452. The van der Waals surface area contributed by atoms with Crippen LogP contribution in [0.15, 0.2) is 17.6 Å². The Morgan fingerprint density at radius 1 is 1.62 bits per heavy atom. The van der Waals surface area contributed by atoms with Gasteiger partial charge in [0.15, 0.2) is 0 Å². The summed E-state index contributed by atoms with van der Waals surface area (Å²) in [6.07, 6.45) is 1.94. The molecule has 0 atom stereocenters. The van der Waals surface area contributed by atoms with E-state index in [1.165, 1.54) is 11.5 Å². The molecule has 4 nitrogen and oxygen atoms in total. The van der Waals surface area contributed by atoms with Gasteiger partial charge in [-0.3, -0.25) is 4.68 Å². The van der Waals surface area contributed by atoms with Crippen molar-refractivity contribution in [3.8, 4) is 11.3 Å². The molecule has 5 heteroatoms. The summed E-state index contributed by atoms with van der Waals surface area (Å²) in [5.41, 5.74) is 8.46. The van der Waals surface area contributed by atoms with Crippen LogP contribution in [-0.4, -0.2) is 14.2 Å². The Morgan fingerprint density at radius 3 is 3.08 bits per heavy atom. The summed E-state index contributed by atoms with van der Waals surface area (Å²) >= 11 is 1.44. The van der Waals surface area contributed by atoms with Gasteiger partial charge in [0, 0.05) is 30.7 Å². The van der Waals surface area contributed by atoms with Crippen molar-refractivity contribution in [3.05, 3.63) is 23.3 Å². The van der Waals surface area contributed by atoms with E-state index >= 15 is 0 Å². The summed E-state index contributed by atoms with van der Waals surface area (Å²) in [5.74, 6) is 0. The summed E-state index contributed by atoms with van der Waals surface area (Å²) in [5, 5.41) is 6.19. The Bertz CT molecular complexity index is 390. The lowest BCUT2D eigenvalue weighted by Crippen LogP contribution is -1.99. The van der Waals surface area contributed by atoms with Gasteiger partial charge in [-0.15, -0.1) is 0 Å². The van der Waals surface area contributed by atoms with Gasteiger partial charge in [0.05, 0.1) is 11.4 Å². The first-order chi connectivity index (χ1) is 6.31. The molecule has 0 radical (unpaired) electrons. The molecule has 0 unspecified atom stereocenters. The number of aryl methyl sites for hydroxylation is 1. The molecular formula is C8H10N4S. The lowest BCUT2D eigenvalue weighted by atomic mass is 10.2. The lowest BCUT2D eigenvalue weighted by molar-refractivity contribution is 0.742. The fourth-order valence-corrected chi connectivity index (χ4v) is 1.77. The average molecular weight is 194 g/mol. The minimum Gasteiger partial charge on any atom is -0.325 e. The van der Waals surface area contributed by atoms with Gasteiger partial charge in [0.2, 0.25) is 0 Å². The minimum atomic E-state index is 0.452. The molecule has 2 N–H and O–H groups in total. The molecule has 2 heterocycles. The lowest BCUT2D eigenvalue weighted by Gasteiger charge is -1.92. The first kappa shape index (κ1) is 8.40. The molecule has 68 valence electrons. The van der Waals surface area contributed by atoms with Crippen LogP contribution in [0.3, 0.4) is 0 Å². The van der Waals surface area contributed by atoms with Crippen LogP contribution in [0.2, 0.25) is 0 Å². The Morgan fingerprint density at radius 2 is 2.46 bits per heavy atom. The molecule has 13 heavy (non-hydrogen) atoms. The molecule has 0 spiro atoms. The smallest absolute Gasteiger partial charge is 0.0875 e. The van der Waals surface area contributed by atoms with Gasteiger partial charge < -0.3 is 5.73 Å². The van der Waals surface area contributed by atoms with Crippen LogP contribution >= 0.6 is 11.5 Å². The van der Waals surface area contributed by atoms with Crippen LogP contribution in [0.4, 0.5) is 0 Å². The van der Waals surface area contributed by atoms with Crippen molar-refractivity contribution < 1.29 is 0 Å². The topological polar surface area (TPSA) is 56.7 Å². The Labute approximate surface area is 80.2 Å². The zero-order valence-corrected chi connectivity index (χ0v) is 8.08. The van der Waals surface area contributed by atoms with E-state index in [0.29, 0.717) is 6.54 Å². The van der Waals surface area contributed by atoms with E-state index in [1.807, 2.05) is 24.7 Å². The second-order valence-corrected chi connectivity index (χ2v) is 3.42. The monoisotopic (exact) mass is 194 g/mol. The van der Waals surface area contributed by atoms with Gasteiger partial charge in [-0.1, -0.05) is 0 Å². The zero-order chi connectivity index (χ0) is 9.26. The highest BCUT2D eigenvalue weighted by Gasteiger charge is 2.09. The van der Waals surface area contributed by atoms with E-state index in [4.69, 9.17) is 5.73 Å². The van der Waals surface area contributed by atoms with Crippen molar-refractivity contribution in [2.24, 2.45) is 12.8 Å². The molecule has 0 aliphatic carbocycles. The number of nitrogens with two attached hydrogens (primary N) is 1. The van der Waals surface area contributed by atoms with E-state index in [1.54, 1.807) is 4.68 Å². The molecule has 0 amide bonds. The predicted molar refractivity (Wildman–Crippen MR) is 52.2 cm³/mol. The summed E-state index contributed by atoms with van der Waals surface area (Å²) in [7, 11) is 1.88. The number of nitrogens with zero attached hydrogens (tertiary/aromatic N) is 3. The maximum atomic E-state index is 5.57. The van der Waals surface area contributed by atoms with Gasteiger partial charge in [-0.25, -0.2) is 0 Å². The first-order valence-corrected chi connectivity index (χ1v) is 4.78. The molecule has 0 aliphatic rings. The van der Waals surface area contributed by atoms with Gasteiger partial charge in [-0.2, -0.15) is 9.47 Å². The Balaban J connectivity index is 2.50. The van der Waals surface area contributed by atoms with Gasteiger partial charge in [0.1, 0.15) is 0 Å². The molecule has 0 saturated carbocycles. The van der Waals surface area contributed by atoms with Crippen molar-refractivity contribution in [3.63, 3.8) is 0 Å². The van der Waals surface area contributed by atoms with Crippen molar-refractivity contribution in [2.75, 3.05) is 0 Å². The molecule has 2 aromatic heterocycles. The molecule has 0 bridgehead atoms. The van der Waals surface area contributed by atoms with E-state index in [9.17, 15) is 0 Å². The number of hydrogen-bond donors (Lipinski definition) is 1. The quantitative estimate of drug-likeness (QED) is 0.776. The van der Waals surface area contributed by atoms with Crippen LogP contribution in [-0.2, 0) is 13.6 Å². The van der Waals surface area contributed by atoms with Gasteiger partial charge in [0.25, 0.3) is 0 Å². The highest BCUT2D eigenvalue weighted by Crippen LogP contribution is 2.21. The maximum Gasteiger partial charge on any atom is 0.0875 e. The SMILES string of the molecule is Cn1cc(-c2ccsn2)c(CN)n1. The third-order valence-electron chi connectivity index (χ3n) is 1.81. The standard InChI is InChI=1S/C8H10N4S/c1-12-5-6(8(4-9)10-12)7-2-3-13-11-7/h2-3,5H,4,9H2,1H3. The fourth-order valence-electron chi connectivity index (χ4n) is 1.25. The van der Waals surface area contributed by atoms with E-state index in [-0.39, 0.29) is 0 Å². The largest absolute Gasteiger partial charge is 0.325 e. The highest BCUT2D eigenvalue weighted by atomic mass is 32.1. The molecule has 2 rings (SSSR count). The second kappa shape index (κ2) is 3.27. The van der Waals surface area contributed by atoms with Crippen LogP contribution < -0.4 is 5.73 Å². The molecule has 0 saturated heterocycles. The van der Waals surface area contributed by atoms with E-state index in [2.05, 4.69) is 9.47 Å². The van der Waals surface area contributed by atoms with Crippen LogP contribution in [0, 0.1) is 0 Å². The maximum absolute atomic E-state index is 5.57. The Hall–Kier alpha value is -1.20. The summed E-state index contributed by atoms with van der Waals surface area (Å²) < 4.78 is 6.00. The summed E-state index contributed by atoms with van der Waals surface area (Å²) in [6.45, 7) is 0.452. The fraction of sp³-hybridized carbons (Fsp3) is 0.250. The average Bonchev–Trinajstić information content (AvgIpc) is 2.71. The zero-order valence-electron chi connectivity index (χ0n) is 7.27. The van der Waals surface area contributed by atoms with E-state index < -0.39 is 0 Å². The first-order valence-electron chi connectivity index (χ1n) is 3.94. The second-order valence-electron chi connectivity index (χ2n) is 2.75. The molecule has 2 aromatic rings. The number of hydrogen-bond acceptors (Lipinski definition) is 4. The molecule has 0 aliphatic heterocycles. The molecule has 0 aromatic carbocycles. The van der Waals surface area contributed by atoms with Crippen LogP contribution in [0.1, 0.15) is 5.69 Å². The Kier molecular flexibility index (Phi) is 2.12. The van der Waals surface area contributed by atoms with Gasteiger partial charge in [-0.05, 0) is 17.6 Å². The van der Waals surface area contributed by atoms with Crippen molar-refractivity contribution >= 4 is 11.5 Å². The third-order valence-corrected chi connectivity index (χ3v) is 2.37. The van der Waals surface area contributed by atoms with Gasteiger partial charge >= 0.3 is 0 Å². The summed E-state index contributed by atoms with van der Waals surface area (Å²) in [6, 6.07) is 1.97. The van der Waals surface area contributed by atoms with Crippen molar-refractivity contribution in [1.29, 1.82) is 0 Å². The number of aromatic nitrogens is 3. The predicted octanol–water partition coefficient (Wildman–Crippen LogP) is 1.00. The third kappa shape index (κ3) is 1.48. The van der Waals surface area contributed by atoms with Crippen LogP contribution in [0.25, 0.3) is 11.3 Å². The normalized spacial score (nSPS) is 10.6. The van der Waals surface area contributed by atoms with E-state index in [0.717, 1.165) is 17.0 Å². The molecular weight excluding hydrogens is 184 g/mol.